The van der Waals surface area contributed by atoms with Crippen LogP contribution in [-0.2, 0) is 13.1 Å². The third-order valence-corrected chi connectivity index (χ3v) is 6.04. The maximum atomic E-state index is 13.4. The molecular formula is C27H23F3N4O2. The minimum atomic E-state index is -4.83. The number of benzene rings is 3. The van der Waals surface area contributed by atoms with E-state index in [0.717, 1.165) is 34.1 Å². The summed E-state index contributed by atoms with van der Waals surface area (Å²) in [5, 5.41) is 0. The van der Waals surface area contributed by atoms with E-state index in [2.05, 4.69) is 37.8 Å². The van der Waals surface area contributed by atoms with Crippen LogP contribution in [0.3, 0.4) is 0 Å². The average Bonchev–Trinajstić information content (AvgIpc) is 3.31. The first-order valence-corrected chi connectivity index (χ1v) is 11.4. The zero-order chi connectivity index (χ0) is 25.1. The van der Waals surface area contributed by atoms with Crippen molar-refractivity contribution in [2.75, 3.05) is 18.0 Å². The number of aromatic nitrogens is 2. The molecule has 0 unspecified atom stereocenters. The summed E-state index contributed by atoms with van der Waals surface area (Å²) >= 11 is 0. The fraction of sp³-hybridized carbons (Fsp3) is 0.185. The Hall–Kier alpha value is -4.27. The molecule has 1 aliphatic heterocycles. The minimum Gasteiger partial charge on any atom is -0.406 e. The van der Waals surface area contributed by atoms with E-state index in [1.165, 1.54) is 18.2 Å². The molecule has 5 rings (SSSR count). The molecule has 9 heteroatoms. The monoisotopic (exact) mass is 492 g/mol. The van der Waals surface area contributed by atoms with Crippen molar-refractivity contribution in [2.24, 2.45) is 0 Å². The number of amides is 1. The fourth-order valence-corrected chi connectivity index (χ4v) is 4.40. The molecule has 36 heavy (non-hydrogen) atoms. The highest BCUT2D eigenvalue weighted by atomic mass is 19.4. The van der Waals surface area contributed by atoms with Crippen molar-refractivity contribution < 1.29 is 22.7 Å². The van der Waals surface area contributed by atoms with Crippen LogP contribution in [0.25, 0.3) is 11.1 Å². The highest BCUT2D eigenvalue weighted by Gasteiger charge is 2.31. The molecule has 0 saturated heterocycles. The van der Waals surface area contributed by atoms with Gasteiger partial charge < -0.3 is 19.5 Å². The zero-order valence-corrected chi connectivity index (χ0v) is 19.2. The molecule has 0 radical (unpaired) electrons. The number of nitrogens with zero attached hydrogens (tertiary/aromatic N) is 3. The first-order chi connectivity index (χ1) is 17.4. The Bertz CT molecular complexity index is 1340. The lowest BCUT2D eigenvalue weighted by Crippen LogP contribution is -2.35. The number of aromatic amines is 1. The van der Waals surface area contributed by atoms with Gasteiger partial charge in [0.1, 0.15) is 5.75 Å². The number of rotatable bonds is 5. The fourth-order valence-electron chi connectivity index (χ4n) is 4.40. The molecule has 1 aliphatic rings. The number of carbonyl (C=O) groups is 1. The molecule has 0 bridgehead atoms. The van der Waals surface area contributed by atoms with Gasteiger partial charge >= 0.3 is 6.36 Å². The summed E-state index contributed by atoms with van der Waals surface area (Å²) in [5.74, 6) is -0.782. The Labute approximate surface area is 206 Å². The van der Waals surface area contributed by atoms with Gasteiger partial charge in [0.15, 0.2) is 0 Å². The lowest BCUT2D eigenvalue weighted by molar-refractivity contribution is -0.274. The molecule has 1 aromatic heterocycles. The van der Waals surface area contributed by atoms with Crippen molar-refractivity contribution in [3.8, 4) is 16.9 Å². The second-order valence-corrected chi connectivity index (χ2v) is 8.49. The molecule has 184 valence electrons. The van der Waals surface area contributed by atoms with Gasteiger partial charge in [-0.1, -0.05) is 42.5 Å². The molecule has 1 amide bonds. The highest BCUT2D eigenvalue weighted by molar-refractivity contribution is 5.95. The quantitative estimate of drug-likeness (QED) is 0.392. The SMILES string of the molecule is O=C(c1cccc(OC(F)(F)F)c1)N1CCN(Cc2c[nH]cn2)c2ccc(-c3ccccc3)cc2C1. The van der Waals surface area contributed by atoms with Crippen molar-refractivity contribution in [3.05, 3.63) is 102 Å². The Kier molecular flexibility index (Phi) is 6.37. The van der Waals surface area contributed by atoms with Crippen LogP contribution in [0.4, 0.5) is 18.9 Å². The Morgan fingerprint density at radius 1 is 0.972 bits per heavy atom. The molecule has 0 atom stereocenters. The van der Waals surface area contributed by atoms with E-state index in [4.69, 9.17) is 0 Å². The van der Waals surface area contributed by atoms with Crippen molar-refractivity contribution in [3.63, 3.8) is 0 Å². The zero-order valence-electron chi connectivity index (χ0n) is 19.2. The number of imidazole rings is 1. The maximum Gasteiger partial charge on any atom is 0.573 e. The molecule has 0 saturated carbocycles. The summed E-state index contributed by atoms with van der Waals surface area (Å²) in [5.41, 5.74) is 5.01. The predicted octanol–water partition coefficient (Wildman–Crippen LogP) is 5.64. The van der Waals surface area contributed by atoms with Crippen molar-refractivity contribution in [1.82, 2.24) is 14.9 Å². The van der Waals surface area contributed by atoms with E-state index >= 15 is 0 Å². The largest absolute Gasteiger partial charge is 0.573 e. The number of H-pyrrole nitrogens is 1. The van der Waals surface area contributed by atoms with Crippen LogP contribution in [0.2, 0.25) is 0 Å². The van der Waals surface area contributed by atoms with Gasteiger partial charge in [0, 0.05) is 37.1 Å². The summed E-state index contributed by atoms with van der Waals surface area (Å²) in [6.45, 7) is 1.80. The predicted molar refractivity (Wildman–Crippen MR) is 129 cm³/mol. The molecular weight excluding hydrogens is 469 g/mol. The van der Waals surface area contributed by atoms with E-state index in [0.29, 0.717) is 26.2 Å². The lowest BCUT2D eigenvalue weighted by atomic mass is 10.0. The van der Waals surface area contributed by atoms with Crippen LogP contribution >= 0.6 is 0 Å². The molecule has 0 aliphatic carbocycles. The van der Waals surface area contributed by atoms with Crippen LogP contribution in [-0.4, -0.2) is 40.2 Å². The second kappa shape index (κ2) is 9.77. The van der Waals surface area contributed by atoms with Crippen LogP contribution in [0.1, 0.15) is 21.6 Å². The van der Waals surface area contributed by atoms with E-state index < -0.39 is 12.1 Å². The van der Waals surface area contributed by atoms with Gasteiger partial charge in [0.2, 0.25) is 0 Å². The van der Waals surface area contributed by atoms with Crippen LogP contribution < -0.4 is 9.64 Å². The van der Waals surface area contributed by atoms with Gasteiger partial charge in [-0.25, -0.2) is 4.98 Å². The Morgan fingerprint density at radius 3 is 2.56 bits per heavy atom. The van der Waals surface area contributed by atoms with Crippen LogP contribution in [0.5, 0.6) is 5.75 Å². The summed E-state index contributed by atoms with van der Waals surface area (Å²) < 4.78 is 42.1. The molecule has 0 spiro atoms. The van der Waals surface area contributed by atoms with Crippen LogP contribution in [0.15, 0.2) is 85.3 Å². The number of anilines is 1. The van der Waals surface area contributed by atoms with E-state index in [1.54, 1.807) is 11.2 Å². The number of alkyl halides is 3. The number of fused-ring (bicyclic) bond motifs is 1. The number of nitrogens with one attached hydrogen (secondary N) is 1. The van der Waals surface area contributed by atoms with Crippen molar-refractivity contribution in [2.45, 2.75) is 19.5 Å². The van der Waals surface area contributed by atoms with Gasteiger partial charge in [0.25, 0.3) is 5.91 Å². The lowest BCUT2D eigenvalue weighted by Gasteiger charge is -2.24. The molecule has 0 fully saturated rings. The summed E-state index contributed by atoms with van der Waals surface area (Å²) in [4.78, 5) is 24.5. The average molecular weight is 493 g/mol. The molecule has 2 heterocycles. The minimum absolute atomic E-state index is 0.137. The second-order valence-electron chi connectivity index (χ2n) is 8.49. The highest BCUT2D eigenvalue weighted by Crippen LogP contribution is 2.32. The van der Waals surface area contributed by atoms with Gasteiger partial charge in [-0.3, -0.25) is 4.79 Å². The Morgan fingerprint density at radius 2 is 1.81 bits per heavy atom. The molecule has 3 aromatic carbocycles. The molecule has 1 N–H and O–H groups in total. The number of halogens is 3. The molecule has 6 nitrogen and oxygen atoms in total. The maximum absolute atomic E-state index is 13.4. The molecule has 4 aromatic rings. The van der Waals surface area contributed by atoms with E-state index in [1.807, 2.05) is 36.5 Å². The van der Waals surface area contributed by atoms with Gasteiger partial charge in [-0.15, -0.1) is 13.2 Å². The third kappa shape index (κ3) is 5.35. The van der Waals surface area contributed by atoms with E-state index in [-0.39, 0.29) is 11.5 Å². The summed E-state index contributed by atoms with van der Waals surface area (Å²) in [7, 11) is 0. The van der Waals surface area contributed by atoms with Crippen molar-refractivity contribution in [1.29, 1.82) is 0 Å². The standard InChI is InChI=1S/C27H23F3N4O2/c28-27(29,30)36-24-8-4-7-21(14-24)26(35)34-12-11-33(17-23-15-31-18-32-23)25-10-9-20(13-22(25)16-34)19-5-2-1-3-6-19/h1-10,13-15,18H,11-12,16-17H2,(H,31,32). The van der Waals surface area contributed by atoms with Gasteiger partial charge in [-0.2, -0.15) is 0 Å². The van der Waals surface area contributed by atoms with E-state index in [9.17, 15) is 18.0 Å². The number of hydrogen-bond donors (Lipinski definition) is 1. The van der Waals surface area contributed by atoms with Crippen LogP contribution in [0, 0.1) is 0 Å². The smallest absolute Gasteiger partial charge is 0.406 e. The number of hydrogen-bond acceptors (Lipinski definition) is 4. The van der Waals surface area contributed by atoms with Gasteiger partial charge in [-0.05, 0) is 47.0 Å². The summed E-state index contributed by atoms with van der Waals surface area (Å²) in [6.07, 6.45) is -1.37. The Balaban J connectivity index is 1.47. The topological polar surface area (TPSA) is 61.5 Å². The number of ether oxygens (including phenoxy) is 1. The first kappa shape index (κ1) is 23.5. The normalized spacial score (nSPS) is 13.8. The number of carbonyl (C=O) groups excluding carboxylic acids is 1. The van der Waals surface area contributed by atoms with Gasteiger partial charge in [0.05, 0.1) is 18.6 Å². The third-order valence-electron chi connectivity index (χ3n) is 6.04. The van der Waals surface area contributed by atoms with Crippen molar-refractivity contribution >= 4 is 11.6 Å². The first-order valence-electron chi connectivity index (χ1n) is 11.4. The summed E-state index contributed by atoms with van der Waals surface area (Å²) in [6, 6.07) is 21.3.